The van der Waals surface area contributed by atoms with Crippen LogP contribution in [-0.2, 0) is 0 Å². The van der Waals surface area contributed by atoms with Gasteiger partial charge < -0.3 is 15.3 Å². The van der Waals surface area contributed by atoms with E-state index in [1.165, 1.54) is 6.07 Å². The number of carboxylic acids is 1. The number of nitrogens with one attached hydrogen (secondary N) is 1. The van der Waals surface area contributed by atoms with Crippen molar-refractivity contribution in [3.05, 3.63) is 75.2 Å². The molecule has 33 heavy (non-hydrogen) atoms. The number of hydrogen-bond donors (Lipinski definition) is 2. The molecule has 1 atom stereocenters. The van der Waals surface area contributed by atoms with Crippen LogP contribution in [0.2, 0.25) is 0 Å². The molecule has 8 heteroatoms. The molecule has 1 fully saturated rings. The lowest BCUT2D eigenvalue weighted by Gasteiger charge is -2.35. The summed E-state index contributed by atoms with van der Waals surface area (Å²) in [7, 11) is 0. The highest BCUT2D eigenvalue weighted by atomic mass is 19.3. The maximum atomic E-state index is 14.1. The highest BCUT2D eigenvalue weighted by Crippen LogP contribution is 2.33. The van der Waals surface area contributed by atoms with E-state index >= 15 is 0 Å². The number of aryl methyl sites for hydroxylation is 1. The number of aromatic nitrogens is 1. The van der Waals surface area contributed by atoms with Crippen LogP contribution in [-0.4, -0.2) is 34.5 Å². The average Bonchev–Trinajstić information content (AvgIpc) is 2.75. The number of halogens is 2. The molecule has 0 radical (unpaired) electrons. The Morgan fingerprint density at radius 2 is 1.94 bits per heavy atom. The first kappa shape index (κ1) is 22.8. The molecule has 174 valence electrons. The topological polar surface area (TPSA) is 74.0 Å². The van der Waals surface area contributed by atoms with Crippen molar-refractivity contribution in [2.75, 3.05) is 23.3 Å². The van der Waals surface area contributed by atoms with Crippen molar-refractivity contribution in [1.82, 2.24) is 4.40 Å². The largest absolute Gasteiger partial charge is 0.478 e. The zero-order valence-electron chi connectivity index (χ0n) is 18.9. The molecule has 1 saturated heterocycles. The number of pyridine rings is 2. The molecule has 0 aliphatic carbocycles. The van der Waals surface area contributed by atoms with Crippen LogP contribution < -0.4 is 15.8 Å². The summed E-state index contributed by atoms with van der Waals surface area (Å²) >= 11 is 0. The summed E-state index contributed by atoms with van der Waals surface area (Å²) in [5.74, 6) is -3.83. The molecule has 3 aromatic rings. The zero-order chi connectivity index (χ0) is 23.9. The van der Waals surface area contributed by atoms with Crippen LogP contribution in [0.15, 0.2) is 47.4 Å². The van der Waals surface area contributed by atoms with Gasteiger partial charge in [-0.15, -0.1) is 0 Å². The highest BCUT2D eigenvalue weighted by Gasteiger charge is 2.36. The van der Waals surface area contributed by atoms with Gasteiger partial charge in [0.05, 0.1) is 23.7 Å². The van der Waals surface area contributed by atoms with E-state index in [4.69, 9.17) is 0 Å². The molecular formula is C25H27F2N3O3. The van der Waals surface area contributed by atoms with Gasteiger partial charge in [-0.2, -0.15) is 0 Å². The molecule has 0 saturated carbocycles. The van der Waals surface area contributed by atoms with Gasteiger partial charge in [-0.05, 0) is 56.5 Å². The highest BCUT2D eigenvalue weighted by molar-refractivity contribution is 5.94. The quantitative estimate of drug-likeness (QED) is 0.565. The summed E-state index contributed by atoms with van der Waals surface area (Å²) in [6, 6.07) is 10.00. The lowest BCUT2D eigenvalue weighted by atomic mass is 10.0. The predicted octanol–water partition coefficient (Wildman–Crippen LogP) is 5.02. The molecule has 1 aliphatic heterocycles. The molecule has 0 amide bonds. The molecule has 6 nitrogen and oxygen atoms in total. The van der Waals surface area contributed by atoms with Crippen molar-refractivity contribution in [3.63, 3.8) is 0 Å². The van der Waals surface area contributed by atoms with Crippen LogP contribution in [0.3, 0.4) is 0 Å². The third kappa shape index (κ3) is 4.42. The monoisotopic (exact) mass is 455 g/mol. The number of rotatable bonds is 5. The number of benzene rings is 1. The molecule has 1 aliphatic rings. The van der Waals surface area contributed by atoms with Crippen molar-refractivity contribution in [3.8, 4) is 0 Å². The molecule has 3 heterocycles. The standard InChI is InChI=1S/C25H27F2N3O3/c1-15-11-19(17(3)28-20-8-5-4-7-18(20)24(32)33)22-12-21(16(2)23(31)30(22)13-15)29-10-6-9-25(26,27)14-29/h4-5,7-8,11-13,17,28H,6,9-10,14H2,1-3H3,(H,32,33)/t17-/m1/s1. The summed E-state index contributed by atoms with van der Waals surface area (Å²) in [5.41, 5.74) is 3.54. The van der Waals surface area contributed by atoms with Crippen molar-refractivity contribution in [2.45, 2.75) is 45.6 Å². The average molecular weight is 456 g/mol. The Bertz CT molecular complexity index is 1290. The summed E-state index contributed by atoms with van der Waals surface area (Å²) < 4.78 is 29.8. The summed E-state index contributed by atoms with van der Waals surface area (Å²) in [4.78, 5) is 26.4. The minimum Gasteiger partial charge on any atom is -0.478 e. The van der Waals surface area contributed by atoms with E-state index in [2.05, 4.69) is 5.32 Å². The Labute approximate surface area is 190 Å². The van der Waals surface area contributed by atoms with Gasteiger partial charge >= 0.3 is 5.97 Å². The lowest BCUT2D eigenvalue weighted by molar-refractivity contribution is -0.0117. The van der Waals surface area contributed by atoms with Gasteiger partial charge in [-0.25, -0.2) is 13.6 Å². The number of hydrogen-bond acceptors (Lipinski definition) is 4. The first-order valence-electron chi connectivity index (χ1n) is 11.0. The minimum atomic E-state index is -2.79. The molecule has 4 rings (SSSR count). The predicted molar refractivity (Wildman–Crippen MR) is 125 cm³/mol. The van der Waals surface area contributed by atoms with Gasteiger partial charge in [0.25, 0.3) is 11.5 Å². The van der Waals surface area contributed by atoms with Crippen molar-refractivity contribution >= 4 is 22.9 Å². The minimum absolute atomic E-state index is 0.144. The molecular weight excluding hydrogens is 428 g/mol. The normalized spacial score (nSPS) is 16.6. The van der Waals surface area contributed by atoms with E-state index in [-0.39, 0.29) is 23.6 Å². The Kier molecular flexibility index (Phi) is 5.86. The maximum absolute atomic E-state index is 14.1. The molecule has 0 unspecified atom stereocenters. The van der Waals surface area contributed by atoms with Crippen molar-refractivity contribution in [2.24, 2.45) is 0 Å². The second-order valence-electron chi connectivity index (χ2n) is 8.79. The first-order valence-corrected chi connectivity index (χ1v) is 11.0. The van der Waals surface area contributed by atoms with Crippen LogP contribution in [0.4, 0.5) is 20.2 Å². The third-order valence-corrected chi connectivity index (χ3v) is 6.20. The summed E-state index contributed by atoms with van der Waals surface area (Å²) in [6.45, 7) is 5.48. The number of fused-ring (bicyclic) bond motifs is 1. The number of anilines is 2. The second kappa shape index (κ2) is 8.50. The van der Waals surface area contributed by atoms with Gasteiger partial charge in [0.2, 0.25) is 0 Å². The van der Waals surface area contributed by atoms with Crippen LogP contribution in [0.1, 0.15) is 52.9 Å². The van der Waals surface area contributed by atoms with E-state index in [0.717, 1.165) is 11.1 Å². The SMILES string of the molecule is Cc1cc([C@@H](C)Nc2ccccc2C(=O)O)c2cc(N3CCCC(F)(F)C3)c(C)c(=O)n2c1. The first-order chi connectivity index (χ1) is 15.6. The van der Waals surface area contributed by atoms with Gasteiger partial charge in [-0.1, -0.05) is 18.2 Å². The van der Waals surface area contributed by atoms with Crippen LogP contribution in [0, 0.1) is 13.8 Å². The number of alkyl halides is 2. The van der Waals surface area contributed by atoms with E-state index in [0.29, 0.717) is 35.4 Å². The van der Waals surface area contributed by atoms with E-state index < -0.39 is 18.4 Å². The van der Waals surface area contributed by atoms with Crippen LogP contribution in [0.5, 0.6) is 0 Å². The van der Waals surface area contributed by atoms with Gasteiger partial charge in [0, 0.05) is 36.1 Å². The lowest BCUT2D eigenvalue weighted by Crippen LogP contribution is -2.43. The second-order valence-corrected chi connectivity index (χ2v) is 8.79. The number of carboxylic acid groups (broad SMARTS) is 1. The van der Waals surface area contributed by atoms with E-state index in [1.807, 2.05) is 19.9 Å². The van der Waals surface area contributed by atoms with Gasteiger partial charge in [-0.3, -0.25) is 9.20 Å². The summed E-state index contributed by atoms with van der Waals surface area (Å²) in [6.07, 6.45) is 1.95. The number of nitrogens with zero attached hydrogens (tertiary/aromatic N) is 2. The molecule has 0 bridgehead atoms. The third-order valence-electron chi connectivity index (χ3n) is 6.20. The number of carbonyl (C=O) groups is 1. The Morgan fingerprint density at radius 1 is 1.21 bits per heavy atom. The Morgan fingerprint density at radius 3 is 2.64 bits per heavy atom. The molecule has 1 aromatic carbocycles. The van der Waals surface area contributed by atoms with E-state index in [9.17, 15) is 23.5 Å². The summed E-state index contributed by atoms with van der Waals surface area (Å²) in [5, 5.41) is 12.7. The molecule has 0 spiro atoms. The number of para-hydroxylation sites is 1. The fraction of sp³-hybridized carbons (Fsp3) is 0.360. The number of piperidine rings is 1. The Balaban J connectivity index is 1.83. The van der Waals surface area contributed by atoms with Gasteiger partial charge in [0.1, 0.15) is 0 Å². The fourth-order valence-electron chi connectivity index (χ4n) is 4.57. The molecule has 2 aromatic heterocycles. The van der Waals surface area contributed by atoms with Crippen molar-refractivity contribution < 1.29 is 18.7 Å². The zero-order valence-corrected chi connectivity index (χ0v) is 18.9. The van der Waals surface area contributed by atoms with Gasteiger partial charge in [0.15, 0.2) is 0 Å². The Hall–Kier alpha value is -3.42. The maximum Gasteiger partial charge on any atom is 0.337 e. The number of aromatic carboxylic acids is 1. The smallest absolute Gasteiger partial charge is 0.337 e. The van der Waals surface area contributed by atoms with Crippen molar-refractivity contribution in [1.29, 1.82) is 0 Å². The van der Waals surface area contributed by atoms with Crippen LogP contribution in [0.25, 0.3) is 5.52 Å². The fourth-order valence-corrected chi connectivity index (χ4v) is 4.57. The molecule has 2 N–H and O–H groups in total. The van der Waals surface area contributed by atoms with Crippen LogP contribution >= 0.6 is 0 Å². The van der Waals surface area contributed by atoms with E-state index in [1.54, 1.807) is 46.7 Å².